The first-order valence-electron chi connectivity index (χ1n) is 5.71. The maximum absolute atomic E-state index is 11.2. The summed E-state index contributed by atoms with van der Waals surface area (Å²) in [5.74, 6) is -0.144. The summed E-state index contributed by atoms with van der Waals surface area (Å²) >= 11 is 0. The van der Waals surface area contributed by atoms with E-state index < -0.39 is 4.92 Å². The number of hydrogen-bond acceptors (Lipinski definition) is 5. The van der Waals surface area contributed by atoms with E-state index in [9.17, 15) is 19.7 Å². The number of amides is 1. The van der Waals surface area contributed by atoms with Gasteiger partial charge in [0.1, 0.15) is 6.29 Å². The number of carbonyl (C=O) groups is 2. The van der Waals surface area contributed by atoms with Crippen molar-refractivity contribution >= 4 is 17.9 Å². The highest BCUT2D eigenvalue weighted by molar-refractivity contribution is 5.77. The Labute approximate surface area is 109 Å². The van der Waals surface area contributed by atoms with E-state index in [0.717, 1.165) is 6.07 Å². The third-order valence-corrected chi connectivity index (χ3v) is 2.28. The minimum atomic E-state index is -0.631. The molecule has 0 radical (unpaired) electrons. The summed E-state index contributed by atoms with van der Waals surface area (Å²) in [7, 11) is 0. The molecule has 0 saturated heterocycles. The summed E-state index contributed by atoms with van der Waals surface area (Å²) < 4.78 is 5.20. The van der Waals surface area contributed by atoms with Gasteiger partial charge in [0.05, 0.1) is 18.0 Å². The predicted molar refractivity (Wildman–Crippen MR) is 67.3 cm³/mol. The number of benzene rings is 1. The van der Waals surface area contributed by atoms with E-state index in [1.165, 1.54) is 12.1 Å². The van der Waals surface area contributed by atoms with E-state index in [1.54, 1.807) is 6.92 Å². The van der Waals surface area contributed by atoms with Crippen molar-refractivity contribution < 1.29 is 19.2 Å². The largest absolute Gasteiger partial charge is 0.486 e. The number of nitrogens with one attached hydrogen (secondary N) is 1. The molecule has 0 unspecified atom stereocenters. The third-order valence-electron chi connectivity index (χ3n) is 2.28. The van der Waals surface area contributed by atoms with Crippen LogP contribution in [-0.4, -0.2) is 30.3 Å². The number of nitrogens with zero attached hydrogens (tertiary/aromatic N) is 1. The van der Waals surface area contributed by atoms with Crippen molar-refractivity contribution in [1.29, 1.82) is 0 Å². The van der Waals surface area contributed by atoms with Crippen molar-refractivity contribution in [2.75, 3.05) is 13.2 Å². The zero-order valence-corrected chi connectivity index (χ0v) is 10.4. The standard InChI is InChI=1S/C12H14N2O5/c1-2-13-12(16)5-6-19-11-4-3-9(8-15)7-10(11)14(17)18/h3-4,7-8H,2,5-6H2,1H3,(H,13,16). The molecule has 0 atom stereocenters. The van der Waals surface area contributed by atoms with E-state index in [1.807, 2.05) is 0 Å². The summed E-state index contributed by atoms with van der Waals surface area (Å²) in [5.41, 5.74) is -0.0942. The molecule has 0 saturated carbocycles. The van der Waals surface area contributed by atoms with Crippen LogP contribution < -0.4 is 10.1 Å². The monoisotopic (exact) mass is 266 g/mol. The first-order chi connectivity index (χ1) is 9.08. The van der Waals surface area contributed by atoms with Gasteiger partial charge in [-0.3, -0.25) is 19.7 Å². The summed E-state index contributed by atoms with van der Waals surface area (Å²) in [6.45, 7) is 2.35. The number of rotatable bonds is 7. The fourth-order valence-electron chi connectivity index (χ4n) is 1.41. The second-order valence-electron chi connectivity index (χ2n) is 3.65. The average Bonchev–Trinajstić information content (AvgIpc) is 2.39. The van der Waals surface area contributed by atoms with E-state index in [0.29, 0.717) is 12.8 Å². The molecule has 0 bridgehead atoms. The lowest BCUT2D eigenvalue weighted by Gasteiger charge is -2.07. The molecule has 19 heavy (non-hydrogen) atoms. The normalized spacial score (nSPS) is 9.74. The van der Waals surface area contributed by atoms with Crippen LogP contribution in [0.2, 0.25) is 0 Å². The van der Waals surface area contributed by atoms with E-state index in [-0.39, 0.29) is 35.9 Å². The van der Waals surface area contributed by atoms with Gasteiger partial charge in [-0.2, -0.15) is 0 Å². The molecular formula is C12H14N2O5. The lowest BCUT2D eigenvalue weighted by atomic mass is 10.2. The highest BCUT2D eigenvalue weighted by Gasteiger charge is 2.16. The zero-order chi connectivity index (χ0) is 14.3. The Kier molecular flexibility index (Phi) is 5.46. The number of nitro groups is 1. The molecule has 0 aliphatic carbocycles. The van der Waals surface area contributed by atoms with Crippen molar-refractivity contribution in [2.45, 2.75) is 13.3 Å². The van der Waals surface area contributed by atoms with Crippen LogP contribution in [0.3, 0.4) is 0 Å². The number of aldehydes is 1. The number of nitro benzene ring substituents is 1. The van der Waals surface area contributed by atoms with Gasteiger partial charge in [0, 0.05) is 18.2 Å². The Morgan fingerprint density at radius 1 is 1.53 bits per heavy atom. The van der Waals surface area contributed by atoms with Gasteiger partial charge in [-0.25, -0.2) is 0 Å². The molecule has 102 valence electrons. The molecule has 1 amide bonds. The van der Waals surface area contributed by atoms with Gasteiger partial charge in [0.15, 0.2) is 5.75 Å². The molecule has 1 aromatic carbocycles. The van der Waals surface area contributed by atoms with E-state index in [2.05, 4.69) is 5.32 Å². The topological polar surface area (TPSA) is 98.5 Å². The Bertz CT molecular complexity index is 487. The van der Waals surface area contributed by atoms with Crippen LogP contribution in [0.4, 0.5) is 5.69 Å². The lowest BCUT2D eigenvalue weighted by Crippen LogP contribution is -2.24. The van der Waals surface area contributed by atoms with Crippen LogP contribution >= 0.6 is 0 Å². The fraction of sp³-hybridized carbons (Fsp3) is 0.333. The first kappa shape index (κ1) is 14.6. The predicted octanol–water partition coefficient (Wildman–Crippen LogP) is 1.31. The minimum absolute atomic E-state index is 0.0348. The average molecular weight is 266 g/mol. The van der Waals surface area contributed by atoms with Gasteiger partial charge in [-0.1, -0.05) is 0 Å². The van der Waals surface area contributed by atoms with Crippen LogP contribution in [0.1, 0.15) is 23.7 Å². The molecule has 1 N–H and O–H groups in total. The summed E-state index contributed by atoms with van der Waals surface area (Å²) in [4.78, 5) is 31.9. The van der Waals surface area contributed by atoms with Gasteiger partial charge in [-0.15, -0.1) is 0 Å². The van der Waals surface area contributed by atoms with Gasteiger partial charge < -0.3 is 10.1 Å². The second-order valence-corrected chi connectivity index (χ2v) is 3.65. The molecule has 1 aromatic rings. The highest BCUT2D eigenvalue weighted by atomic mass is 16.6. The molecule has 0 aromatic heterocycles. The number of carbonyl (C=O) groups excluding carboxylic acids is 2. The molecule has 7 heteroatoms. The minimum Gasteiger partial charge on any atom is -0.486 e. The van der Waals surface area contributed by atoms with Crippen LogP contribution in [0.25, 0.3) is 0 Å². The summed E-state index contributed by atoms with van der Waals surface area (Å²) in [5, 5.41) is 13.4. The van der Waals surface area contributed by atoms with Crippen molar-refractivity contribution in [3.8, 4) is 5.75 Å². The summed E-state index contributed by atoms with van der Waals surface area (Å²) in [6, 6.07) is 3.90. The van der Waals surface area contributed by atoms with Gasteiger partial charge in [0.25, 0.3) is 0 Å². The van der Waals surface area contributed by atoms with Crippen LogP contribution in [0, 0.1) is 10.1 Å². The van der Waals surface area contributed by atoms with E-state index in [4.69, 9.17) is 4.74 Å². The maximum Gasteiger partial charge on any atom is 0.311 e. The smallest absolute Gasteiger partial charge is 0.311 e. The fourth-order valence-corrected chi connectivity index (χ4v) is 1.41. The van der Waals surface area contributed by atoms with Crippen LogP contribution in [-0.2, 0) is 4.79 Å². The Morgan fingerprint density at radius 3 is 2.84 bits per heavy atom. The molecular weight excluding hydrogens is 252 g/mol. The second kappa shape index (κ2) is 7.10. The number of ether oxygens (including phenoxy) is 1. The van der Waals surface area contributed by atoms with Gasteiger partial charge in [0.2, 0.25) is 5.91 Å². The van der Waals surface area contributed by atoms with Crippen molar-refractivity contribution in [1.82, 2.24) is 5.32 Å². The van der Waals surface area contributed by atoms with Crippen LogP contribution in [0.5, 0.6) is 5.75 Å². The highest BCUT2D eigenvalue weighted by Crippen LogP contribution is 2.27. The van der Waals surface area contributed by atoms with Crippen molar-refractivity contribution in [3.05, 3.63) is 33.9 Å². The van der Waals surface area contributed by atoms with Gasteiger partial charge in [-0.05, 0) is 19.1 Å². The molecule has 0 heterocycles. The zero-order valence-electron chi connectivity index (χ0n) is 10.4. The third kappa shape index (κ3) is 4.38. The van der Waals surface area contributed by atoms with Crippen molar-refractivity contribution in [3.63, 3.8) is 0 Å². The first-order valence-corrected chi connectivity index (χ1v) is 5.71. The lowest BCUT2D eigenvalue weighted by molar-refractivity contribution is -0.385. The quantitative estimate of drug-likeness (QED) is 0.455. The Hall–Kier alpha value is -2.44. The molecule has 0 spiro atoms. The van der Waals surface area contributed by atoms with Crippen molar-refractivity contribution in [2.24, 2.45) is 0 Å². The van der Waals surface area contributed by atoms with Gasteiger partial charge >= 0.3 is 5.69 Å². The summed E-state index contributed by atoms with van der Waals surface area (Å²) in [6.07, 6.45) is 0.631. The number of hydrogen-bond donors (Lipinski definition) is 1. The molecule has 0 fully saturated rings. The van der Waals surface area contributed by atoms with Crippen LogP contribution in [0.15, 0.2) is 18.2 Å². The Balaban J connectivity index is 2.70. The molecule has 7 nitrogen and oxygen atoms in total. The molecule has 1 rings (SSSR count). The molecule has 0 aliphatic heterocycles. The van der Waals surface area contributed by atoms with E-state index >= 15 is 0 Å². The Morgan fingerprint density at radius 2 is 2.26 bits per heavy atom. The SMILES string of the molecule is CCNC(=O)CCOc1ccc(C=O)cc1[N+](=O)[O-]. The molecule has 0 aliphatic rings. The maximum atomic E-state index is 11.2.